The predicted molar refractivity (Wildman–Crippen MR) is 75.3 cm³/mol. The third kappa shape index (κ3) is 2.67. The molecule has 17 heavy (non-hydrogen) atoms. The van der Waals surface area contributed by atoms with Crippen molar-refractivity contribution in [3.05, 3.63) is 47.5 Å². The third-order valence-corrected chi connectivity index (χ3v) is 3.49. The van der Waals surface area contributed by atoms with Gasteiger partial charge < -0.3 is 0 Å². The minimum absolute atomic E-state index is 1.06. The van der Waals surface area contributed by atoms with Crippen LogP contribution in [0.25, 0.3) is 10.8 Å². The summed E-state index contributed by atoms with van der Waals surface area (Å²) in [6.07, 6.45) is 0. The van der Waals surface area contributed by atoms with Crippen LogP contribution in [0.3, 0.4) is 0 Å². The average molecular weight is 227 g/mol. The molecule has 0 aromatic heterocycles. The van der Waals surface area contributed by atoms with E-state index >= 15 is 0 Å². The molecular weight excluding hydrogens is 206 g/mol. The van der Waals surface area contributed by atoms with E-state index < -0.39 is 0 Å². The molecule has 0 radical (unpaired) electrons. The van der Waals surface area contributed by atoms with E-state index in [1.807, 2.05) is 0 Å². The van der Waals surface area contributed by atoms with Gasteiger partial charge in [-0.05, 0) is 48.0 Å². The number of rotatable bonds is 4. The lowest BCUT2D eigenvalue weighted by Gasteiger charge is -2.19. The summed E-state index contributed by atoms with van der Waals surface area (Å²) in [5.74, 6) is 0. The summed E-state index contributed by atoms with van der Waals surface area (Å²) >= 11 is 0. The first kappa shape index (κ1) is 12.1. The fourth-order valence-electron chi connectivity index (χ4n) is 2.26. The normalized spacial score (nSPS) is 11.3. The standard InChI is InChI=1S/C16H21N/c1-4-17(5-2)12-16-11-15-9-7-6-8-14(15)10-13(16)3/h6-11H,4-5,12H2,1-3H3. The molecular formula is C16H21N. The molecule has 0 aliphatic carbocycles. The van der Waals surface area contributed by atoms with Crippen LogP contribution in [0.4, 0.5) is 0 Å². The molecule has 90 valence electrons. The maximum absolute atomic E-state index is 2.46. The summed E-state index contributed by atoms with van der Waals surface area (Å²) in [5.41, 5.74) is 2.85. The summed E-state index contributed by atoms with van der Waals surface area (Å²) < 4.78 is 0. The smallest absolute Gasteiger partial charge is 0.0236 e. The van der Waals surface area contributed by atoms with Crippen molar-refractivity contribution in [1.82, 2.24) is 4.90 Å². The van der Waals surface area contributed by atoms with E-state index in [9.17, 15) is 0 Å². The minimum atomic E-state index is 1.06. The monoisotopic (exact) mass is 227 g/mol. The zero-order chi connectivity index (χ0) is 12.3. The van der Waals surface area contributed by atoms with E-state index in [-0.39, 0.29) is 0 Å². The SMILES string of the molecule is CCN(CC)Cc1cc2ccccc2cc1C. The van der Waals surface area contributed by atoms with Crippen molar-refractivity contribution < 1.29 is 0 Å². The Balaban J connectivity index is 2.37. The van der Waals surface area contributed by atoms with E-state index in [0.29, 0.717) is 0 Å². The zero-order valence-corrected chi connectivity index (χ0v) is 11.0. The lowest BCUT2D eigenvalue weighted by atomic mass is 10.0. The molecule has 0 atom stereocenters. The van der Waals surface area contributed by atoms with Crippen molar-refractivity contribution >= 4 is 10.8 Å². The van der Waals surface area contributed by atoms with Crippen molar-refractivity contribution in [2.75, 3.05) is 13.1 Å². The molecule has 0 amide bonds. The highest BCUT2D eigenvalue weighted by atomic mass is 15.1. The second kappa shape index (κ2) is 5.33. The summed E-state index contributed by atoms with van der Waals surface area (Å²) in [7, 11) is 0. The molecule has 0 saturated heterocycles. The lowest BCUT2D eigenvalue weighted by molar-refractivity contribution is 0.295. The van der Waals surface area contributed by atoms with Crippen molar-refractivity contribution in [3.8, 4) is 0 Å². The molecule has 0 N–H and O–H groups in total. The van der Waals surface area contributed by atoms with E-state index in [1.165, 1.54) is 21.9 Å². The van der Waals surface area contributed by atoms with E-state index in [0.717, 1.165) is 19.6 Å². The highest BCUT2D eigenvalue weighted by molar-refractivity contribution is 5.84. The molecule has 1 heteroatoms. The highest BCUT2D eigenvalue weighted by Crippen LogP contribution is 2.20. The van der Waals surface area contributed by atoms with Gasteiger partial charge in [0.05, 0.1) is 0 Å². The van der Waals surface area contributed by atoms with Crippen LogP contribution in [0.2, 0.25) is 0 Å². The average Bonchev–Trinajstić information content (AvgIpc) is 2.36. The van der Waals surface area contributed by atoms with Crippen LogP contribution in [-0.2, 0) is 6.54 Å². The van der Waals surface area contributed by atoms with Crippen molar-refractivity contribution in [2.45, 2.75) is 27.3 Å². The van der Waals surface area contributed by atoms with Crippen LogP contribution in [0, 0.1) is 6.92 Å². The van der Waals surface area contributed by atoms with Gasteiger partial charge in [-0.1, -0.05) is 44.2 Å². The molecule has 0 spiro atoms. The van der Waals surface area contributed by atoms with E-state index in [4.69, 9.17) is 0 Å². The maximum Gasteiger partial charge on any atom is 0.0236 e. The van der Waals surface area contributed by atoms with Crippen LogP contribution in [0.1, 0.15) is 25.0 Å². The molecule has 2 aromatic rings. The van der Waals surface area contributed by atoms with Gasteiger partial charge in [-0.3, -0.25) is 4.90 Å². The van der Waals surface area contributed by atoms with Gasteiger partial charge in [0.1, 0.15) is 0 Å². The Morgan fingerprint density at radius 3 is 2.12 bits per heavy atom. The maximum atomic E-state index is 2.46. The number of nitrogens with zero attached hydrogens (tertiary/aromatic N) is 1. The minimum Gasteiger partial charge on any atom is -0.300 e. The highest BCUT2D eigenvalue weighted by Gasteiger charge is 2.05. The number of benzene rings is 2. The largest absolute Gasteiger partial charge is 0.300 e. The molecule has 2 aromatic carbocycles. The van der Waals surface area contributed by atoms with Gasteiger partial charge >= 0.3 is 0 Å². The van der Waals surface area contributed by atoms with E-state index in [2.05, 4.69) is 62.1 Å². The Hall–Kier alpha value is -1.34. The molecule has 0 bridgehead atoms. The first-order valence-corrected chi connectivity index (χ1v) is 6.45. The quantitative estimate of drug-likeness (QED) is 0.763. The van der Waals surface area contributed by atoms with Crippen molar-refractivity contribution in [2.24, 2.45) is 0 Å². The number of aryl methyl sites for hydroxylation is 1. The number of hydrogen-bond acceptors (Lipinski definition) is 1. The van der Waals surface area contributed by atoms with Gasteiger partial charge in [-0.25, -0.2) is 0 Å². The van der Waals surface area contributed by atoms with Gasteiger partial charge in [0.2, 0.25) is 0 Å². The van der Waals surface area contributed by atoms with Crippen molar-refractivity contribution in [1.29, 1.82) is 0 Å². The summed E-state index contributed by atoms with van der Waals surface area (Å²) in [4.78, 5) is 2.46. The molecule has 0 fully saturated rings. The second-order valence-corrected chi connectivity index (χ2v) is 4.59. The molecule has 0 unspecified atom stereocenters. The fraction of sp³-hybridized carbons (Fsp3) is 0.375. The Morgan fingerprint density at radius 2 is 1.53 bits per heavy atom. The Kier molecular flexibility index (Phi) is 3.80. The topological polar surface area (TPSA) is 3.24 Å². The third-order valence-electron chi connectivity index (χ3n) is 3.49. The van der Waals surface area contributed by atoms with Gasteiger partial charge in [0, 0.05) is 6.54 Å². The van der Waals surface area contributed by atoms with Gasteiger partial charge in [-0.15, -0.1) is 0 Å². The summed E-state index contributed by atoms with van der Waals surface area (Å²) in [5, 5.41) is 2.69. The Bertz CT molecular complexity index is 498. The van der Waals surface area contributed by atoms with Gasteiger partial charge in [-0.2, -0.15) is 0 Å². The lowest BCUT2D eigenvalue weighted by Crippen LogP contribution is -2.22. The van der Waals surface area contributed by atoms with Gasteiger partial charge in [0.25, 0.3) is 0 Å². The molecule has 0 heterocycles. The van der Waals surface area contributed by atoms with Crippen LogP contribution in [0.5, 0.6) is 0 Å². The van der Waals surface area contributed by atoms with Crippen LogP contribution in [-0.4, -0.2) is 18.0 Å². The van der Waals surface area contributed by atoms with Crippen molar-refractivity contribution in [3.63, 3.8) is 0 Å². The Morgan fingerprint density at radius 1 is 0.941 bits per heavy atom. The van der Waals surface area contributed by atoms with E-state index in [1.54, 1.807) is 0 Å². The summed E-state index contributed by atoms with van der Waals surface area (Å²) in [6.45, 7) is 9.94. The molecule has 2 rings (SSSR count). The van der Waals surface area contributed by atoms with Crippen LogP contribution < -0.4 is 0 Å². The fourth-order valence-corrected chi connectivity index (χ4v) is 2.26. The van der Waals surface area contributed by atoms with Gasteiger partial charge in [0.15, 0.2) is 0 Å². The first-order chi connectivity index (χ1) is 8.24. The summed E-state index contributed by atoms with van der Waals surface area (Å²) in [6, 6.07) is 13.2. The first-order valence-electron chi connectivity index (χ1n) is 6.45. The number of fused-ring (bicyclic) bond motifs is 1. The molecule has 1 nitrogen and oxygen atoms in total. The Labute approximate surface area is 104 Å². The van der Waals surface area contributed by atoms with Crippen LogP contribution >= 0.6 is 0 Å². The molecule has 0 aliphatic rings. The second-order valence-electron chi connectivity index (χ2n) is 4.59. The predicted octanol–water partition coefficient (Wildman–Crippen LogP) is 3.99. The van der Waals surface area contributed by atoms with Crippen LogP contribution in [0.15, 0.2) is 36.4 Å². The molecule has 0 aliphatic heterocycles. The molecule has 0 saturated carbocycles. The number of hydrogen-bond donors (Lipinski definition) is 0. The zero-order valence-electron chi connectivity index (χ0n) is 11.0.